The van der Waals surface area contributed by atoms with Crippen LogP contribution >= 0.6 is 0 Å². The molecule has 1 unspecified atom stereocenters. The van der Waals surface area contributed by atoms with E-state index in [0.29, 0.717) is 30.0 Å². The Morgan fingerprint density at radius 2 is 1.69 bits per heavy atom. The quantitative estimate of drug-likeness (QED) is 0.411. The first-order chi connectivity index (χ1) is 17.0. The Morgan fingerprint density at radius 3 is 2.34 bits per heavy atom. The predicted octanol–water partition coefficient (Wildman–Crippen LogP) is 4.80. The lowest BCUT2D eigenvalue weighted by Crippen LogP contribution is -2.26. The topological polar surface area (TPSA) is 69.0 Å². The summed E-state index contributed by atoms with van der Waals surface area (Å²) in [5.41, 5.74) is 3.19. The number of aromatic nitrogens is 5. The number of piperidine rings is 1. The average Bonchev–Trinajstić information content (AvgIpc) is 3.15. The summed E-state index contributed by atoms with van der Waals surface area (Å²) in [4.78, 5) is 20.7. The second kappa shape index (κ2) is 9.20. The van der Waals surface area contributed by atoms with Gasteiger partial charge < -0.3 is 14.2 Å². The molecule has 35 heavy (non-hydrogen) atoms. The summed E-state index contributed by atoms with van der Waals surface area (Å²) in [6.45, 7) is 8.19. The molecule has 7 nitrogen and oxygen atoms in total. The van der Waals surface area contributed by atoms with Crippen LogP contribution in [0.3, 0.4) is 0 Å². The highest BCUT2D eigenvalue weighted by molar-refractivity contribution is 5.74. The third kappa shape index (κ3) is 4.42. The van der Waals surface area contributed by atoms with Crippen molar-refractivity contribution in [2.45, 2.75) is 20.8 Å². The van der Waals surface area contributed by atoms with Crippen LogP contribution in [0.15, 0.2) is 42.7 Å². The second-order valence-corrected chi connectivity index (χ2v) is 8.90. The molecule has 1 aliphatic heterocycles. The van der Waals surface area contributed by atoms with Gasteiger partial charge in [-0.3, -0.25) is 4.98 Å². The van der Waals surface area contributed by atoms with Crippen molar-refractivity contribution in [3.8, 4) is 17.3 Å². The molecule has 0 N–H and O–H groups in total. The molecule has 1 saturated heterocycles. The summed E-state index contributed by atoms with van der Waals surface area (Å²) < 4.78 is 34.3. The van der Waals surface area contributed by atoms with Crippen molar-refractivity contribution >= 4 is 17.1 Å². The molecule has 3 aromatic heterocycles. The zero-order chi connectivity index (χ0) is 24.7. The number of nitrogens with zero attached hydrogens (tertiary/aromatic N) is 6. The molecule has 2 aliphatic rings. The van der Waals surface area contributed by atoms with Gasteiger partial charge in [-0.25, -0.2) is 23.7 Å². The van der Waals surface area contributed by atoms with Gasteiger partial charge in [0.05, 0.1) is 12.8 Å². The zero-order valence-electron chi connectivity index (χ0n) is 20.2. The molecule has 1 aliphatic carbocycles. The van der Waals surface area contributed by atoms with Gasteiger partial charge in [-0.1, -0.05) is 19.9 Å². The molecule has 0 bridgehead atoms. The van der Waals surface area contributed by atoms with Crippen molar-refractivity contribution in [3.63, 3.8) is 0 Å². The maximum Gasteiger partial charge on any atom is 0.198 e. The van der Waals surface area contributed by atoms with E-state index in [2.05, 4.69) is 19.9 Å². The number of hydrogen-bond donors (Lipinski definition) is 0. The number of anilines is 1. The van der Waals surface area contributed by atoms with Gasteiger partial charge in [-0.05, 0) is 30.4 Å². The Kier molecular flexibility index (Phi) is 6.08. The number of rotatable bonds is 5. The van der Waals surface area contributed by atoms with Crippen LogP contribution in [0.2, 0.25) is 0 Å². The van der Waals surface area contributed by atoms with Gasteiger partial charge in [0.15, 0.2) is 17.1 Å². The third-order valence-electron chi connectivity index (χ3n) is 6.68. The molecule has 1 saturated carbocycles. The maximum absolute atomic E-state index is 13.3. The predicted molar refractivity (Wildman–Crippen MR) is 130 cm³/mol. The first-order valence-corrected chi connectivity index (χ1v) is 11.9. The van der Waals surface area contributed by atoms with Crippen LogP contribution in [0, 0.1) is 36.3 Å². The van der Waals surface area contributed by atoms with Crippen molar-refractivity contribution in [3.05, 3.63) is 59.9 Å². The molecule has 2 fully saturated rings. The van der Waals surface area contributed by atoms with Crippen LogP contribution in [0.4, 0.5) is 14.6 Å². The van der Waals surface area contributed by atoms with E-state index in [-0.39, 0.29) is 5.75 Å². The summed E-state index contributed by atoms with van der Waals surface area (Å²) in [6.07, 6.45) is 3.59. The van der Waals surface area contributed by atoms with Gasteiger partial charge in [0.25, 0.3) is 0 Å². The highest BCUT2D eigenvalue weighted by atomic mass is 19.1. The standard InChI is InChI=1S/C24H22F2N6O.C2H6/c1-13-3-4-20(27-8-13)23-30-22-24(31(23)2)29-21(9-28-22)32-10-17-18(11-32)19(17)12-33-16-6-14(25)5-15(26)7-16;1-2/h3-9,17-19H,10-12H2,1-2H3;1-2H3/t17-,18+,19?;. The third-order valence-corrected chi connectivity index (χ3v) is 6.68. The van der Waals surface area contributed by atoms with Gasteiger partial charge in [-0.15, -0.1) is 0 Å². The number of halogens is 2. The average molecular weight is 479 g/mol. The highest BCUT2D eigenvalue weighted by Crippen LogP contribution is 2.52. The van der Waals surface area contributed by atoms with E-state index in [0.717, 1.165) is 47.7 Å². The van der Waals surface area contributed by atoms with Crippen LogP contribution < -0.4 is 9.64 Å². The Balaban J connectivity index is 0.00000124. The SMILES string of the molecule is CC.Cc1ccc(-c2nc3ncc(N4C[C@@H]5C(COc6cc(F)cc(F)c6)[C@@H]5C4)nc3n2C)nc1. The van der Waals surface area contributed by atoms with Gasteiger partial charge in [0.2, 0.25) is 0 Å². The van der Waals surface area contributed by atoms with Gasteiger partial charge in [0.1, 0.15) is 28.9 Å². The van der Waals surface area contributed by atoms with Gasteiger partial charge in [0, 0.05) is 50.5 Å². The van der Waals surface area contributed by atoms with Crippen LogP contribution in [0.1, 0.15) is 19.4 Å². The van der Waals surface area contributed by atoms with E-state index >= 15 is 0 Å². The number of imidazole rings is 1. The zero-order valence-corrected chi connectivity index (χ0v) is 20.2. The van der Waals surface area contributed by atoms with Gasteiger partial charge in [-0.2, -0.15) is 0 Å². The van der Waals surface area contributed by atoms with Crippen molar-refractivity contribution in [1.82, 2.24) is 24.5 Å². The molecule has 0 spiro atoms. The minimum Gasteiger partial charge on any atom is -0.493 e. The molecule has 0 amide bonds. The van der Waals surface area contributed by atoms with Crippen molar-refractivity contribution in [2.75, 3.05) is 24.6 Å². The van der Waals surface area contributed by atoms with E-state index in [9.17, 15) is 8.78 Å². The van der Waals surface area contributed by atoms with Crippen LogP contribution in [-0.2, 0) is 7.05 Å². The Hall–Kier alpha value is -3.62. The molecule has 1 aromatic carbocycles. The number of hydrogen-bond acceptors (Lipinski definition) is 6. The fourth-order valence-electron chi connectivity index (χ4n) is 4.81. The smallest absolute Gasteiger partial charge is 0.198 e. The molecular formula is C26H28F2N6O. The summed E-state index contributed by atoms with van der Waals surface area (Å²) in [5, 5.41) is 0. The lowest BCUT2D eigenvalue weighted by atomic mass is 10.2. The van der Waals surface area contributed by atoms with E-state index < -0.39 is 11.6 Å². The number of benzene rings is 1. The summed E-state index contributed by atoms with van der Waals surface area (Å²) in [6, 6.07) is 7.23. The number of fused-ring (bicyclic) bond motifs is 2. The fourth-order valence-corrected chi connectivity index (χ4v) is 4.81. The first kappa shape index (κ1) is 23.1. The minimum atomic E-state index is -0.627. The molecule has 6 rings (SSSR count). The molecular weight excluding hydrogens is 450 g/mol. The highest BCUT2D eigenvalue weighted by Gasteiger charge is 2.56. The van der Waals surface area contributed by atoms with Crippen molar-refractivity contribution in [2.24, 2.45) is 24.8 Å². The molecule has 4 heterocycles. The number of ether oxygens (including phenoxy) is 1. The molecule has 0 radical (unpaired) electrons. The normalized spacial score (nSPS) is 20.4. The lowest BCUT2D eigenvalue weighted by Gasteiger charge is -2.20. The van der Waals surface area contributed by atoms with E-state index in [1.807, 2.05) is 50.7 Å². The number of pyridine rings is 1. The molecule has 3 atom stereocenters. The Bertz CT molecular complexity index is 1320. The largest absolute Gasteiger partial charge is 0.493 e. The van der Waals surface area contributed by atoms with Gasteiger partial charge >= 0.3 is 0 Å². The van der Waals surface area contributed by atoms with Crippen LogP contribution in [0.5, 0.6) is 5.75 Å². The minimum absolute atomic E-state index is 0.237. The van der Waals surface area contributed by atoms with Crippen LogP contribution in [0.25, 0.3) is 22.8 Å². The number of aryl methyl sites for hydroxylation is 2. The van der Waals surface area contributed by atoms with Crippen molar-refractivity contribution < 1.29 is 13.5 Å². The lowest BCUT2D eigenvalue weighted by molar-refractivity contribution is 0.280. The monoisotopic (exact) mass is 478 g/mol. The molecule has 4 aromatic rings. The first-order valence-electron chi connectivity index (χ1n) is 11.9. The Morgan fingerprint density at radius 1 is 0.971 bits per heavy atom. The second-order valence-electron chi connectivity index (χ2n) is 8.90. The van der Waals surface area contributed by atoms with E-state index in [1.54, 1.807) is 6.20 Å². The fraction of sp³-hybridized carbons (Fsp3) is 0.385. The molecule has 9 heteroatoms. The molecule has 182 valence electrons. The van der Waals surface area contributed by atoms with E-state index in [4.69, 9.17) is 9.72 Å². The summed E-state index contributed by atoms with van der Waals surface area (Å²) in [7, 11) is 1.93. The summed E-state index contributed by atoms with van der Waals surface area (Å²) in [5.74, 6) is 1.90. The van der Waals surface area contributed by atoms with Crippen molar-refractivity contribution in [1.29, 1.82) is 0 Å². The maximum atomic E-state index is 13.3. The summed E-state index contributed by atoms with van der Waals surface area (Å²) >= 11 is 0. The Labute approximate surface area is 202 Å². The van der Waals surface area contributed by atoms with Crippen LogP contribution in [-0.4, -0.2) is 44.2 Å². The van der Waals surface area contributed by atoms with E-state index in [1.165, 1.54) is 12.1 Å².